The first-order chi connectivity index (χ1) is 10.2. The molecule has 0 fully saturated rings. The predicted octanol–water partition coefficient (Wildman–Crippen LogP) is 3.33. The third kappa shape index (κ3) is 4.64. The van der Waals surface area contributed by atoms with Crippen molar-refractivity contribution in [2.75, 3.05) is 11.9 Å². The van der Waals surface area contributed by atoms with Crippen molar-refractivity contribution in [3.8, 4) is 11.8 Å². The fourth-order valence-electron chi connectivity index (χ4n) is 1.73. The first-order valence-corrected chi connectivity index (χ1v) is 6.83. The third-order valence-electron chi connectivity index (χ3n) is 2.68. The topological polar surface area (TPSA) is 49.3 Å². The number of anilines is 1. The van der Waals surface area contributed by atoms with Gasteiger partial charge in [0.1, 0.15) is 0 Å². The maximum atomic E-state index is 12.2. The molecule has 106 valence electrons. The standard InChI is InChI=1S/C17H14ClNO2/c18-15-8-4-9-16(12-15)19-17(21)14-7-3-6-13(11-14)5-1-2-10-20/h3-4,6-9,11-12,20H,2,10H2,(H,19,21). The van der Waals surface area contributed by atoms with Crippen LogP contribution in [-0.4, -0.2) is 17.6 Å². The molecule has 0 aliphatic rings. The predicted molar refractivity (Wildman–Crippen MR) is 84.4 cm³/mol. The lowest BCUT2D eigenvalue weighted by molar-refractivity contribution is 0.102. The number of aliphatic hydroxyl groups excluding tert-OH is 1. The fourth-order valence-corrected chi connectivity index (χ4v) is 1.92. The molecule has 2 rings (SSSR count). The molecule has 0 radical (unpaired) electrons. The van der Waals surface area contributed by atoms with Gasteiger partial charge >= 0.3 is 0 Å². The Morgan fingerprint density at radius 1 is 1.19 bits per heavy atom. The Labute approximate surface area is 128 Å². The van der Waals surface area contributed by atoms with Crippen LogP contribution in [0.25, 0.3) is 0 Å². The lowest BCUT2D eigenvalue weighted by atomic mass is 10.1. The fraction of sp³-hybridized carbons (Fsp3) is 0.118. The van der Waals surface area contributed by atoms with E-state index in [1.807, 2.05) is 6.07 Å². The smallest absolute Gasteiger partial charge is 0.255 e. The van der Waals surface area contributed by atoms with Gasteiger partial charge in [0, 0.05) is 28.3 Å². The van der Waals surface area contributed by atoms with E-state index in [4.69, 9.17) is 16.7 Å². The van der Waals surface area contributed by atoms with Crippen molar-refractivity contribution in [1.29, 1.82) is 0 Å². The molecule has 2 aromatic carbocycles. The summed E-state index contributed by atoms with van der Waals surface area (Å²) in [5.41, 5.74) is 1.90. The van der Waals surface area contributed by atoms with Crippen molar-refractivity contribution in [2.24, 2.45) is 0 Å². The molecule has 4 heteroatoms. The van der Waals surface area contributed by atoms with Gasteiger partial charge in [-0.25, -0.2) is 0 Å². The second kappa shape index (κ2) is 7.49. The van der Waals surface area contributed by atoms with Crippen LogP contribution in [0.15, 0.2) is 48.5 Å². The summed E-state index contributed by atoms with van der Waals surface area (Å²) >= 11 is 5.88. The first kappa shape index (κ1) is 15.1. The largest absolute Gasteiger partial charge is 0.395 e. The highest BCUT2D eigenvalue weighted by atomic mass is 35.5. The molecule has 0 aliphatic carbocycles. The lowest BCUT2D eigenvalue weighted by Gasteiger charge is -2.05. The average Bonchev–Trinajstić information content (AvgIpc) is 2.48. The van der Waals surface area contributed by atoms with Crippen LogP contribution in [0.1, 0.15) is 22.3 Å². The molecule has 21 heavy (non-hydrogen) atoms. The van der Waals surface area contributed by atoms with E-state index >= 15 is 0 Å². The second-order valence-electron chi connectivity index (χ2n) is 4.32. The number of hydrogen-bond donors (Lipinski definition) is 2. The Morgan fingerprint density at radius 2 is 2.00 bits per heavy atom. The van der Waals surface area contributed by atoms with Crippen molar-refractivity contribution in [3.05, 3.63) is 64.7 Å². The van der Waals surface area contributed by atoms with Crippen LogP contribution in [0.3, 0.4) is 0 Å². The van der Waals surface area contributed by atoms with E-state index in [9.17, 15) is 4.79 Å². The summed E-state index contributed by atoms with van der Waals surface area (Å²) < 4.78 is 0. The van der Waals surface area contributed by atoms with E-state index in [0.717, 1.165) is 5.56 Å². The van der Waals surface area contributed by atoms with Crippen LogP contribution in [0.4, 0.5) is 5.69 Å². The monoisotopic (exact) mass is 299 g/mol. The Bertz CT molecular complexity index is 701. The van der Waals surface area contributed by atoms with Gasteiger partial charge in [-0.3, -0.25) is 4.79 Å². The molecule has 3 nitrogen and oxygen atoms in total. The molecule has 0 aliphatic heterocycles. The summed E-state index contributed by atoms with van der Waals surface area (Å²) in [7, 11) is 0. The van der Waals surface area contributed by atoms with Gasteiger partial charge in [0.05, 0.1) is 6.61 Å². The highest BCUT2D eigenvalue weighted by molar-refractivity contribution is 6.30. The van der Waals surface area contributed by atoms with E-state index in [-0.39, 0.29) is 12.5 Å². The Hall–Kier alpha value is -2.28. The molecule has 0 bridgehead atoms. The van der Waals surface area contributed by atoms with Crippen molar-refractivity contribution >= 4 is 23.2 Å². The molecule has 0 heterocycles. The van der Waals surface area contributed by atoms with Crippen LogP contribution in [0.5, 0.6) is 0 Å². The molecule has 1 amide bonds. The minimum absolute atomic E-state index is 0.0297. The van der Waals surface area contributed by atoms with E-state index in [0.29, 0.717) is 22.7 Å². The Morgan fingerprint density at radius 3 is 2.76 bits per heavy atom. The van der Waals surface area contributed by atoms with E-state index in [1.165, 1.54) is 0 Å². The highest BCUT2D eigenvalue weighted by Crippen LogP contribution is 2.16. The quantitative estimate of drug-likeness (QED) is 0.854. The lowest BCUT2D eigenvalue weighted by Crippen LogP contribution is -2.11. The molecule has 2 aromatic rings. The third-order valence-corrected chi connectivity index (χ3v) is 2.91. The zero-order chi connectivity index (χ0) is 15.1. The number of carbonyl (C=O) groups excluding carboxylic acids is 1. The number of halogens is 1. The second-order valence-corrected chi connectivity index (χ2v) is 4.76. The van der Waals surface area contributed by atoms with Gasteiger partial charge in [0.15, 0.2) is 0 Å². The Kier molecular flexibility index (Phi) is 5.39. The first-order valence-electron chi connectivity index (χ1n) is 6.46. The maximum absolute atomic E-state index is 12.2. The molecule has 0 saturated heterocycles. The maximum Gasteiger partial charge on any atom is 0.255 e. The molecule has 0 spiro atoms. The number of hydrogen-bond acceptors (Lipinski definition) is 2. The van der Waals surface area contributed by atoms with Crippen molar-refractivity contribution in [2.45, 2.75) is 6.42 Å². The summed E-state index contributed by atoms with van der Waals surface area (Å²) in [6.07, 6.45) is 0.416. The SMILES string of the molecule is O=C(Nc1cccc(Cl)c1)c1cccc(C#CCCO)c1. The average molecular weight is 300 g/mol. The molecular weight excluding hydrogens is 286 g/mol. The molecule has 0 unspecified atom stereocenters. The normalized spacial score (nSPS) is 9.62. The highest BCUT2D eigenvalue weighted by Gasteiger charge is 2.06. The number of benzene rings is 2. The van der Waals surface area contributed by atoms with Gasteiger partial charge in [-0.05, 0) is 36.4 Å². The minimum Gasteiger partial charge on any atom is -0.395 e. The van der Waals surface area contributed by atoms with Gasteiger partial charge in [-0.1, -0.05) is 35.6 Å². The zero-order valence-corrected chi connectivity index (χ0v) is 12.0. The molecule has 0 aromatic heterocycles. The minimum atomic E-state index is -0.219. The van der Waals surface area contributed by atoms with Gasteiger partial charge < -0.3 is 10.4 Å². The zero-order valence-electron chi connectivity index (χ0n) is 11.3. The van der Waals surface area contributed by atoms with Gasteiger partial charge in [0.2, 0.25) is 0 Å². The van der Waals surface area contributed by atoms with Crippen LogP contribution in [0, 0.1) is 11.8 Å². The number of nitrogens with one attached hydrogen (secondary N) is 1. The van der Waals surface area contributed by atoms with Crippen LogP contribution in [-0.2, 0) is 0 Å². The van der Waals surface area contributed by atoms with Crippen LogP contribution in [0.2, 0.25) is 5.02 Å². The van der Waals surface area contributed by atoms with Crippen LogP contribution < -0.4 is 5.32 Å². The summed E-state index contributed by atoms with van der Waals surface area (Å²) in [5, 5.41) is 12.0. The van der Waals surface area contributed by atoms with Crippen LogP contribution >= 0.6 is 11.6 Å². The summed E-state index contributed by atoms with van der Waals surface area (Å²) in [4.78, 5) is 12.2. The molecule has 0 atom stereocenters. The van der Waals surface area contributed by atoms with E-state index in [2.05, 4.69) is 17.2 Å². The summed E-state index contributed by atoms with van der Waals surface area (Å²) in [6, 6.07) is 14.0. The summed E-state index contributed by atoms with van der Waals surface area (Å²) in [6.45, 7) is 0.0297. The van der Waals surface area contributed by atoms with E-state index in [1.54, 1.807) is 42.5 Å². The van der Waals surface area contributed by atoms with Crippen molar-refractivity contribution in [3.63, 3.8) is 0 Å². The number of aliphatic hydroxyl groups is 1. The Balaban J connectivity index is 2.13. The van der Waals surface area contributed by atoms with Gasteiger partial charge in [-0.15, -0.1) is 0 Å². The number of carbonyl (C=O) groups is 1. The molecular formula is C17H14ClNO2. The van der Waals surface area contributed by atoms with E-state index < -0.39 is 0 Å². The molecule has 0 saturated carbocycles. The summed E-state index contributed by atoms with van der Waals surface area (Å²) in [5.74, 6) is 5.51. The van der Waals surface area contributed by atoms with Crippen molar-refractivity contribution < 1.29 is 9.90 Å². The molecule has 2 N–H and O–H groups in total. The number of amides is 1. The number of rotatable bonds is 3. The van der Waals surface area contributed by atoms with Crippen molar-refractivity contribution in [1.82, 2.24) is 0 Å². The van der Waals surface area contributed by atoms with Gasteiger partial charge in [-0.2, -0.15) is 0 Å². The van der Waals surface area contributed by atoms with Gasteiger partial charge in [0.25, 0.3) is 5.91 Å².